The predicted molar refractivity (Wildman–Crippen MR) is 273 cm³/mol. The van der Waals surface area contributed by atoms with E-state index < -0.39 is 0 Å². The molecule has 0 spiro atoms. The minimum absolute atomic E-state index is 0.465. The number of aromatic nitrogens is 5. The van der Waals surface area contributed by atoms with E-state index in [2.05, 4.69) is 166 Å². The average Bonchev–Trinajstić information content (AvgIpc) is 3.39. The number of pyridine rings is 2. The monoisotopic (exact) mass is 847 g/mol. The van der Waals surface area contributed by atoms with E-state index in [0.29, 0.717) is 28.9 Å². The van der Waals surface area contributed by atoms with Crippen molar-refractivity contribution in [3.63, 3.8) is 0 Å². The van der Waals surface area contributed by atoms with Crippen LogP contribution in [-0.4, -0.2) is 24.9 Å². The molecule has 0 saturated heterocycles. The van der Waals surface area contributed by atoms with Crippen LogP contribution in [0.2, 0.25) is 0 Å². The van der Waals surface area contributed by atoms with Crippen molar-refractivity contribution in [1.29, 1.82) is 0 Å². The number of hydrogen-bond donors (Lipinski definition) is 0. The van der Waals surface area contributed by atoms with Crippen LogP contribution in [0.25, 0.3) is 107 Å². The summed E-state index contributed by atoms with van der Waals surface area (Å²) in [5, 5.41) is 0. The van der Waals surface area contributed by atoms with E-state index in [4.69, 9.17) is 24.9 Å². The Morgan fingerprint density at radius 1 is 0.364 bits per heavy atom. The van der Waals surface area contributed by atoms with Crippen LogP contribution in [0.15, 0.2) is 231 Å². The smallest absolute Gasteiger partial charge is 0.182 e. The van der Waals surface area contributed by atoms with Crippen LogP contribution >= 0.6 is 0 Å². The summed E-state index contributed by atoms with van der Waals surface area (Å²) in [7, 11) is 0. The van der Waals surface area contributed by atoms with Crippen molar-refractivity contribution in [2.45, 2.75) is 13.8 Å². The highest BCUT2D eigenvalue weighted by molar-refractivity contribution is 6.01. The van der Waals surface area contributed by atoms with E-state index in [0.717, 1.165) is 61.5 Å². The molecule has 10 rings (SSSR count). The van der Waals surface area contributed by atoms with Crippen molar-refractivity contribution in [2.75, 3.05) is 0 Å². The highest BCUT2D eigenvalue weighted by Gasteiger charge is 2.22. The summed E-state index contributed by atoms with van der Waals surface area (Å²) >= 11 is 0. The Morgan fingerprint density at radius 2 is 0.758 bits per heavy atom. The van der Waals surface area contributed by atoms with Gasteiger partial charge in [0.2, 0.25) is 0 Å². The number of rotatable bonds is 11. The summed E-state index contributed by atoms with van der Waals surface area (Å²) in [5.74, 6) is 1.46. The topological polar surface area (TPSA) is 64.5 Å². The second kappa shape index (κ2) is 18.6. The van der Waals surface area contributed by atoms with E-state index in [1.165, 1.54) is 27.8 Å². The number of allylic oxidation sites excluding steroid dienone is 3. The molecule has 314 valence electrons. The zero-order chi connectivity index (χ0) is 44.8. The van der Waals surface area contributed by atoms with Crippen LogP contribution in [0.1, 0.15) is 18.1 Å². The van der Waals surface area contributed by atoms with Crippen LogP contribution in [0, 0.1) is 6.92 Å². The van der Waals surface area contributed by atoms with Crippen molar-refractivity contribution >= 4 is 5.57 Å². The van der Waals surface area contributed by atoms with E-state index in [1.54, 1.807) is 0 Å². The van der Waals surface area contributed by atoms with Gasteiger partial charge >= 0.3 is 0 Å². The summed E-state index contributed by atoms with van der Waals surface area (Å²) in [4.78, 5) is 25.4. The Hall–Kier alpha value is -8.67. The largest absolute Gasteiger partial charge is 0.244 e. The standard InChI is InChI=1S/C61H45N5/c1-4-21-41(2)56-42(3)38-51(57(45-26-13-7-14-27-45)58(56)46-28-15-8-16-29-46)49-32-17-30-47(39-49)48-31-18-33-50(40-48)59-64-60(54-36-19-34-52(62-54)43-22-9-5-10-23-43)66-61(65-59)55-37-20-35-53(63-55)44-24-11-6-12-25-44/h4-40H,1H2,2-3H3/b41-21+. The zero-order valence-corrected chi connectivity index (χ0v) is 36.8. The van der Waals surface area contributed by atoms with Crippen LogP contribution < -0.4 is 0 Å². The Labute approximate surface area is 386 Å². The Kier molecular flexibility index (Phi) is 11.6. The quantitative estimate of drug-likeness (QED) is 0.121. The second-order valence-corrected chi connectivity index (χ2v) is 16.2. The van der Waals surface area contributed by atoms with Gasteiger partial charge in [0.15, 0.2) is 17.5 Å². The maximum absolute atomic E-state index is 5.12. The normalized spacial score (nSPS) is 11.3. The molecule has 3 aromatic heterocycles. The fourth-order valence-electron chi connectivity index (χ4n) is 8.71. The van der Waals surface area contributed by atoms with Gasteiger partial charge in [-0.05, 0) is 111 Å². The van der Waals surface area contributed by atoms with Gasteiger partial charge in [-0.25, -0.2) is 24.9 Å². The molecule has 0 fully saturated rings. The molecule has 3 heterocycles. The van der Waals surface area contributed by atoms with Gasteiger partial charge in [-0.15, -0.1) is 0 Å². The maximum Gasteiger partial charge on any atom is 0.182 e. The molecule has 10 aromatic rings. The number of benzene rings is 7. The molecule has 0 aliphatic carbocycles. The minimum Gasteiger partial charge on any atom is -0.244 e. The van der Waals surface area contributed by atoms with Gasteiger partial charge in [0.25, 0.3) is 0 Å². The van der Waals surface area contributed by atoms with Crippen molar-refractivity contribution in [2.24, 2.45) is 0 Å². The number of hydrogen-bond acceptors (Lipinski definition) is 5. The molecule has 0 N–H and O–H groups in total. The van der Waals surface area contributed by atoms with E-state index in [1.807, 2.05) is 78.9 Å². The molecule has 0 aliphatic rings. The molecule has 0 bridgehead atoms. The van der Waals surface area contributed by atoms with Gasteiger partial charge < -0.3 is 0 Å². The van der Waals surface area contributed by atoms with Crippen molar-refractivity contribution < 1.29 is 0 Å². The van der Waals surface area contributed by atoms with Crippen molar-refractivity contribution in [1.82, 2.24) is 24.9 Å². The van der Waals surface area contributed by atoms with Gasteiger partial charge in [0, 0.05) is 16.7 Å². The first kappa shape index (κ1) is 41.3. The average molecular weight is 848 g/mol. The first-order valence-corrected chi connectivity index (χ1v) is 22.1. The third-order valence-electron chi connectivity index (χ3n) is 11.8. The fourth-order valence-corrected chi connectivity index (χ4v) is 8.71. The van der Waals surface area contributed by atoms with Crippen LogP contribution in [0.5, 0.6) is 0 Å². The first-order valence-electron chi connectivity index (χ1n) is 22.1. The van der Waals surface area contributed by atoms with E-state index in [-0.39, 0.29) is 0 Å². The minimum atomic E-state index is 0.465. The van der Waals surface area contributed by atoms with Crippen LogP contribution in [-0.2, 0) is 0 Å². The summed E-state index contributed by atoms with van der Waals surface area (Å²) < 4.78 is 0. The molecule has 0 saturated carbocycles. The van der Waals surface area contributed by atoms with Crippen LogP contribution in [0.4, 0.5) is 0 Å². The van der Waals surface area contributed by atoms with Crippen LogP contribution in [0.3, 0.4) is 0 Å². The molecule has 66 heavy (non-hydrogen) atoms. The van der Waals surface area contributed by atoms with Crippen molar-refractivity contribution in [3.05, 3.63) is 242 Å². The second-order valence-electron chi connectivity index (χ2n) is 16.2. The van der Waals surface area contributed by atoms with Crippen molar-refractivity contribution in [3.8, 4) is 101 Å². The lowest BCUT2D eigenvalue weighted by Gasteiger charge is -2.23. The summed E-state index contributed by atoms with van der Waals surface area (Å²) in [6.45, 7) is 8.43. The highest BCUT2D eigenvalue weighted by Crippen LogP contribution is 2.46. The predicted octanol–water partition coefficient (Wildman–Crippen LogP) is 15.6. The Balaban J connectivity index is 1.11. The lowest BCUT2D eigenvalue weighted by atomic mass is 9.80. The molecule has 0 amide bonds. The fraction of sp³-hybridized carbons (Fsp3) is 0.0328. The molecule has 0 atom stereocenters. The SMILES string of the molecule is C=C/C=C(\C)c1c(C)cc(-c2cccc(-c3cccc(-c4nc(-c5cccc(-c6ccccc6)n5)nc(-c5cccc(-c6ccccc6)n5)n4)c3)c2)c(-c2ccccc2)c1-c1ccccc1. The van der Waals surface area contributed by atoms with E-state index >= 15 is 0 Å². The third kappa shape index (κ3) is 8.54. The summed E-state index contributed by atoms with van der Waals surface area (Å²) in [6.07, 6.45) is 3.97. The molecule has 5 nitrogen and oxygen atoms in total. The maximum atomic E-state index is 5.12. The summed E-state index contributed by atoms with van der Waals surface area (Å²) in [5.41, 5.74) is 18.5. The van der Waals surface area contributed by atoms with Gasteiger partial charge in [-0.2, -0.15) is 0 Å². The van der Waals surface area contributed by atoms with Gasteiger partial charge in [-0.3, -0.25) is 0 Å². The lowest BCUT2D eigenvalue weighted by Crippen LogP contribution is -2.03. The van der Waals surface area contributed by atoms with E-state index in [9.17, 15) is 0 Å². The van der Waals surface area contributed by atoms with Gasteiger partial charge in [0.05, 0.1) is 11.4 Å². The number of nitrogens with zero attached hydrogens (tertiary/aromatic N) is 5. The zero-order valence-electron chi connectivity index (χ0n) is 36.8. The Bertz CT molecular complexity index is 3280. The molecular weight excluding hydrogens is 803 g/mol. The summed E-state index contributed by atoms with van der Waals surface area (Å²) in [6, 6.07) is 73.3. The van der Waals surface area contributed by atoms with Gasteiger partial charge in [-0.1, -0.05) is 195 Å². The third-order valence-corrected chi connectivity index (χ3v) is 11.8. The molecule has 0 radical (unpaired) electrons. The lowest BCUT2D eigenvalue weighted by molar-refractivity contribution is 1.05. The number of aryl methyl sites for hydroxylation is 1. The molecule has 0 aliphatic heterocycles. The van der Waals surface area contributed by atoms with Gasteiger partial charge in [0.1, 0.15) is 11.4 Å². The Morgan fingerprint density at radius 3 is 1.27 bits per heavy atom. The molecule has 5 heteroatoms. The molecular formula is C61H45N5. The first-order chi connectivity index (χ1) is 32.5. The molecule has 0 unspecified atom stereocenters. The highest BCUT2D eigenvalue weighted by atomic mass is 15.1. The molecule has 7 aromatic carbocycles.